The van der Waals surface area contributed by atoms with E-state index >= 15 is 0 Å². The Kier molecular flexibility index (Phi) is 6.26. The summed E-state index contributed by atoms with van der Waals surface area (Å²) in [6.07, 6.45) is 4.91. The van der Waals surface area contributed by atoms with Gasteiger partial charge >= 0.3 is 0 Å². The van der Waals surface area contributed by atoms with Crippen LogP contribution in [0.25, 0.3) is 0 Å². The van der Waals surface area contributed by atoms with Gasteiger partial charge in [0.05, 0.1) is 5.75 Å². The number of sulfone groups is 1. The zero-order valence-corrected chi connectivity index (χ0v) is 13.0. The van der Waals surface area contributed by atoms with Crippen LogP contribution in [-0.2, 0) is 14.6 Å². The molecule has 0 aromatic rings. The molecule has 1 aliphatic rings. The summed E-state index contributed by atoms with van der Waals surface area (Å²) in [5.74, 6) is 0.710. The van der Waals surface area contributed by atoms with Crippen LogP contribution in [0.3, 0.4) is 0 Å². The third-order valence-corrected chi connectivity index (χ3v) is 4.91. The van der Waals surface area contributed by atoms with E-state index < -0.39 is 9.84 Å². The fourth-order valence-corrected chi connectivity index (χ4v) is 3.57. The summed E-state index contributed by atoms with van der Waals surface area (Å²) in [7, 11) is -1.34. The molecule has 0 spiro atoms. The second-order valence-electron chi connectivity index (χ2n) is 5.68. The minimum atomic E-state index is -3.04. The molecule has 1 rings (SSSR count). The van der Waals surface area contributed by atoms with Gasteiger partial charge in [-0.3, -0.25) is 4.79 Å². The van der Waals surface area contributed by atoms with Gasteiger partial charge in [-0.1, -0.05) is 0 Å². The third-order valence-electron chi connectivity index (χ3n) is 3.82. The van der Waals surface area contributed by atoms with Crippen LogP contribution in [0.4, 0.5) is 0 Å². The molecule has 1 atom stereocenters. The largest absolute Gasteiger partial charge is 0.342 e. The second-order valence-corrected chi connectivity index (χ2v) is 7.86. The molecule has 1 unspecified atom stereocenters. The number of carbonyl (C=O) groups excluding carboxylic acids is 1. The van der Waals surface area contributed by atoms with Gasteiger partial charge in [-0.15, -0.1) is 0 Å². The average molecular weight is 290 g/mol. The van der Waals surface area contributed by atoms with Crippen molar-refractivity contribution in [1.82, 2.24) is 10.2 Å². The van der Waals surface area contributed by atoms with E-state index in [4.69, 9.17) is 0 Å². The molecule has 0 aromatic heterocycles. The number of hydrogen-bond donors (Lipinski definition) is 1. The Morgan fingerprint density at radius 2 is 1.95 bits per heavy atom. The first kappa shape index (κ1) is 16.4. The molecule has 0 aliphatic carbocycles. The lowest BCUT2D eigenvalue weighted by Gasteiger charge is -2.26. The summed E-state index contributed by atoms with van der Waals surface area (Å²) >= 11 is 0. The van der Waals surface area contributed by atoms with Gasteiger partial charge in [0.15, 0.2) is 0 Å². The molecule has 0 saturated carbocycles. The molecule has 1 N–H and O–H groups in total. The predicted molar refractivity (Wildman–Crippen MR) is 76.8 cm³/mol. The number of piperidine rings is 1. The molecular formula is C13H26N2O3S. The maximum Gasteiger partial charge on any atom is 0.222 e. The van der Waals surface area contributed by atoms with Gasteiger partial charge in [-0.25, -0.2) is 8.42 Å². The number of amides is 1. The monoisotopic (exact) mass is 290 g/mol. The number of nitrogens with zero attached hydrogens (tertiary/aromatic N) is 1. The van der Waals surface area contributed by atoms with E-state index in [0.29, 0.717) is 12.3 Å². The van der Waals surface area contributed by atoms with Crippen molar-refractivity contribution in [3.8, 4) is 0 Å². The lowest BCUT2D eigenvalue weighted by atomic mass is 9.93. The van der Waals surface area contributed by atoms with Crippen LogP contribution in [0.1, 0.15) is 32.6 Å². The fourth-order valence-electron chi connectivity index (χ4n) is 2.47. The lowest BCUT2D eigenvalue weighted by Crippen LogP contribution is -2.39. The Morgan fingerprint density at radius 3 is 2.47 bits per heavy atom. The van der Waals surface area contributed by atoms with Gasteiger partial charge in [0.25, 0.3) is 0 Å². The highest BCUT2D eigenvalue weighted by Gasteiger charge is 2.21. The van der Waals surface area contributed by atoms with E-state index in [0.717, 1.165) is 32.4 Å². The van der Waals surface area contributed by atoms with Crippen LogP contribution in [-0.4, -0.2) is 57.4 Å². The van der Waals surface area contributed by atoms with Crippen molar-refractivity contribution < 1.29 is 13.2 Å². The molecule has 1 amide bonds. The summed E-state index contributed by atoms with van der Waals surface area (Å²) in [4.78, 5) is 13.6. The highest BCUT2D eigenvalue weighted by atomic mass is 32.2. The van der Waals surface area contributed by atoms with E-state index in [2.05, 4.69) is 5.32 Å². The first-order valence-electron chi connectivity index (χ1n) is 6.93. The van der Waals surface area contributed by atoms with Crippen LogP contribution in [0.5, 0.6) is 0 Å². The van der Waals surface area contributed by atoms with Crippen LogP contribution >= 0.6 is 0 Å². The molecular weight excluding hydrogens is 264 g/mol. The molecule has 1 fully saturated rings. The summed E-state index contributed by atoms with van der Waals surface area (Å²) in [5.41, 5.74) is 0. The first-order chi connectivity index (χ1) is 8.79. The van der Waals surface area contributed by atoms with Crippen LogP contribution in [0.15, 0.2) is 0 Å². The number of rotatable bonds is 6. The Bertz CT molecular complexity index is 389. The Labute approximate surface area is 116 Å². The van der Waals surface area contributed by atoms with Gasteiger partial charge in [0, 0.05) is 25.8 Å². The van der Waals surface area contributed by atoms with E-state index in [1.807, 2.05) is 0 Å². The van der Waals surface area contributed by atoms with Crippen LogP contribution in [0, 0.1) is 5.92 Å². The lowest BCUT2D eigenvalue weighted by molar-refractivity contribution is -0.131. The van der Waals surface area contributed by atoms with Crippen molar-refractivity contribution in [2.45, 2.75) is 38.6 Å². The van der Waals surface area contributed by atoms with Crippen molar-refractivity contribution in [2.75, 3.05) is 32.1 Å². The van der Waals surface area contributed by atoms with Crippen molar-refractivity contribution in [2.24, 2.45) is 5.92 Å². The van der Waals surface area contributed by atoms with Gasteiger partial charge in [-0.05, 0) is 45.2 Å². The normalized spacial score (nSPS) is 19.1. The maximum absolute atomic E-state index is 12.0. The number of nitrogens with one attached hydrogen (secondary N) is 1. The molecule has 0 aromatic carbocycles. The second kappa shape index (κ2) is 7.24. The van der Waals surface area contributed by atoms with Crippen molar-refractivity contribution in [1.29, 1.82) is 0 Å². The summed E-state index contributed by atoms with van der Waals surface area (Å²) < 4.78 is 22.5. The molecule has 5 nitrogen and oxygen atoms in total. The van der Waals surface area contributed by atoms with E-state index in [1.165, 1.54) is 6.26 Å². The van der Waals surface area contributed by atoms with Crippen molar-refractivity contribution in [3.63, 3.8) is 0 Å². The van der Waals surface area contributed by atoms with Crippen LogP contribution in [0.2, 0.25) is 0 Å². The van der Waals surface area contributed by atoms with Gasteiger partial charge in [-0.2, -0.15) is 0 Å². The maximum atomic E-state index is 12.0. The fraction of sp³-hybridized carbons (Fsp3) is 0.923. The van der Waals surface area contributed by atoms with Crippen LogP contribution < -0.4 is 5.32 Å². The third kappa shape index (κ3) is 6.38. The minimum absolute atomic E-state index is 0.0303. The SMILES string of the molecule is CC(CS(C)(=O)=O)N(C)C(=O)CCC1CCNCC1. The molecule has 1 heterocycles. The molecule has 1 aliphatic heterocycles. The number of hydrogen-bond acceptors (Lipinski definition) is 4. The predicted octanol–water partition coefficient (Wildman–Crippen LogP) is 0.658. The van der Waals surface area contributed by atoms with E-state index in [-0.39, 0.29) is 17.7 Å². The van der Waals surface area contributed by atoms with Crippen molar-refractivity contribution >= 4 is 15.7 Å². The van der Waals surface area contributed by atoms with Gasteiger partial charge in [0.2, 0.25) is 5.91 Å². The Morgan fingerprint density at radius 1 is 1.37 bits per heavy atom. The topological polar surface area (TPSA) is 66.5 Å². The molecule has 1 saturated heterocycles. The smallest absolute Gasteiger partial charge is 0.222 e. The molecule has 0 radical (unpaired) electrons. The standard InChI is InChI=1S/C13H26N2O3S/c1-11(10-19(3,17)18)15(2)13(16)5-4-12-6-8-14-9-7-12/h11-12,14H,4-10H2,1-3H3. The summed E-state index contributed by atoms with van der Waals surface area (Å²) in [5, 5.41) is 3.31. The molecule has 112 valence electrons. The van der Waals surface area contributed by atoms with Gasteiger partial charge < -0.3 is 10.2 Å². The zero-order chi connectivity index (χ0) is 14.5. The molecule has 19 heavy (non-hydrogen) atoms. The number of carbonyl (C=O) groups is 1. The van der Waals surface area contributed by atoms with E-state index in [1.54, 1.807) is 18.9 Å². The summed E-state index contributed by atoms with van der Waals surface area (Å²) in [6.45, 7) is 3.86. The molecule has 0 bridgehead atoms. The zero-order valence-electron chi connectivity index (χ0n) is 12.2. The first-order valence-corrected chi connectivity index (χ1v) is 8.99. The molecule has 6 heteroatoms. The highest BCUT2D eigenvalue weighted by Crippen LogP contribution is 2.18. The van der Waals surface area contributed by atoms with Crippen molar-refractivity contribution in [3.05, 3.63) is 0 Å². The average Bonchev–Trinajstić information content (AvgIpc) is 2.34. The quantitative estimate of drug-likeness (QED) is 0.780. The minimum Gasteiger partial charge on any atom is -0.342 e. The summed E-state index contributed by atoms with van der Waals surface area (Å²) in [6, 6.07) is -0.254. The van der Waals surface area contributed by atoms with E-state index in [9.17, 15) is 13.2 Å². The van der Waals surface area contributed by atoms with Gasteiger partial charge in [0.1, 0.15) is 9.84 Å². The Hall–Kier alpha value is -0.620. The highest BCUT2D eigenvalue weighted by molar-refractivity contribution is 7.90. The Balaban J connectivity index is 2.35.